The van der Waals surface area contributed by atoms with Crippen LogP contribution in [0.1, 0.15) is 40.3 Å². The molecule has 0 saturated heterocycles. The number of benzene rings is 4. The molecule has 0 unspecified atom stereocenters. The Bertz CT molecular complexity index is 1530. The molecule has 0 aliphatic carbocycles. The number of nitrogens with two attached hydrogens (primary N) is 1. The van der Waals surface area contributed by atoms with Gasteiger partial charge in [-0.3, -0.25) is 4.79 Å². The average molecular weight is 660 g/mol. The number of carbonyl (C=O) groups is 2. The normalized spacial score (nSPS) is 11.2. The smallest absolute Gasteiger partial charge is 0.355 e. The first-order valence-corrected chi connectivity index (χ1v) is 14.7. The molecule has 0 bridgehead atoms. The summed E-state index contributed by atoms with van der Waals surface area (Å²) in [4.78, 5) is 22.3. The van der Waals surface area contributed by atoms with Crippen molar-refractivity contribution in [2.75, 3.05) is 20.1 Å². The number of nitrogens with zero attached hydrogens (tertiary/aromatic N) is 1. The van der Waals surface area contributed by atoms with E-state index in [2.05, 4.69) is 5.32 Å². The molecule has 252 valence electrons. The van der Waals surface area contributed by atoms with Crippen molar-refractivity contribution in [3.05, 3.63) is 130 Å². The molecule has 5 nitrogen and oxygen atoms in total. The van der Waals surface area contributed by atoms with Gasteiger partial charge in [0, 0.05) is 19.6 Å². The molecule has 0 radical (unpaired) electrons. The number of hydrogen-bond acceptors (Lipinski definition) is 4. The van der Waals surface area contributed by atoms with Crippen LogP contribution in [0.5, 0.6) is 0 Å². The monoisotopic (exact) mass is 659 g/mol. The summed E-state index contributed by atoms with van der Waals surface area (Å²) in [6, 6.07) is 25.7. The number of rotatable bonds is 10. The molecule has 47 heavy (non-hydrogen) atoms. The van der Waals surface area contributed by atoms with Crippen molar-refractivity contribution >= 4 is 12.7 Å². The van der Waals surface area contributed by atoms with Crippen molar-refractivity contribution in [1.82, 2.24) is 10.2 Å². The van der Waals surface area contributed by atoms with Gasteiger partial charge in [-0.1, -0.05) is 79.7 Å². The van der Waals surface area contributed by atoms with E-state index in [-0.39, 0.29) is 35.2 Å². The molecule has 0 atom stereocenters. The fourth-order valence-corrected chi connectivity index (χ4v) is 4.55. The minimum absolute atomic E-state index is 0.107. The maximum atomic E-state index is 13.7. The number of halogens is 6. The Balaban J connectivity index is 0.000000660. The molecule has 0 saturated carbocycles. The number of nitrogens with one attached hydrogen (secondary N) is 1. The molecular formula is C36H39F6N3O2. The lowest BCUT2D eigenvalue weighted by atomic mass is 9.93. The van der Waals surface area contributed by atoms with Crippen LogP contribution < -0.4 is 11.1 Å². The first-order valence-electron chi connectivity index (χ1n) is 14.7. The highest BCUT2D eigenvalue weighted by molar-refractivity contribution is 5.80. The topological polar surface area (TPSA) is 75.4 Å². The van der Waals surface area contributed by atoms with E-state index < -0.39 is 29.4 Å². The summed E-state index contributed by atoms with van der Waals surface area (Å²) >= 11 is 0. The SMILES string of the molecule is C=O.CCN(C)Cc1cc(C(F)(F)F)ccc1-c1cc(CC(=O)NCCc2ccccc2)cc(C(F)(F)F)c1.NCc1ccccc1. The number of amides is 1. The van der Waals surface area contributed by atoms with E-state index in [4.69, 9.17) is 10.5 Å². The number of carbonyl (C=O) groups excluding carboxylic acids is 2. The highest BCUT2D eigenvalue weighted by Crippen LogP contribution is 2.37. The molecule has 4 aromatic carbocycles. The fraction of sp³-hybridized carbons (Fsp3) is 0.278. The fourth-order valence-electron chi connectivity index (χ4n) is 4.55. The van der Waals surface area contributed by atoms with Crippen LogP contribution in [0.4, 0.5) is 26.3 Å². The zero-order valence-corrected chi connectivity index (χ0v) is 26.3. The molecule has 4 aromatic rings. The van der Waals surface area contributed by atoms with Gasteiger partial charge in [-0.2, -0.15) is 26.3 Å². The zero-order valence-electron chi connectivity index (χ0n) is 26.3. The van der Waals surface area contributed by atoms with E-state index in [9.17, 15) is 31.1 Å². The molecule has 0 aliphatic rings. The molecule has 0 aliphatic heterocycles. The lowest BCUT2D eigenvalue weighted by molar-refractivity contribution is -0.138. The first kappa shape index (κ1) is 38.7. The highest BCUT2D eigenvalue weighted by Gasteiger charge is 2.33. The molecule has 0 fully saturated rings. The van der Waals surface area contributed by atoms with Gasteiger partial charge in [0.25, 0.3) is 0 Å². The van der Waals surface area contributed by atoms with Crippen LogP contribution >= 0.6 is 0 Å². The standard InChI is InChI=1S/C28H28F6N2O.C7H9N.CH2O/c1-3-36(2)18-22-17-23(27(29,30)31)9-10-25(22)21-13-20(14-24(16-21)28(32,33)34)15-26(37)35-12-11-19-7-5-4-6-8-19;8-6-7-4-2-1-3-5-7;1-2/h4-10,13-14,16-17H,3,11-12,15,18H2,1-2H3,(H,35,37);1-5H,6,8H2;1H2. The van der Waals surface area contributed by atoms with Crippen molar-refractivity contribution in [2.24, 2.45) is 5.73 Å². The molecule has 3 N–H and O–H groups in total. The Morgan fingerprint density at radius 2 is 1.34 bits per heavy atom. The maximum Gasteiger partial charge on any atom is 0.416 e. The van der Waals surface area contributed by atoms with Crippen LogP contribution in [0, 0.1) is 0 Å². The minimum Gasteiger partial charge on any atom is -0.355 e. The Morgan fingerprint density at radius 1 is 0.766 bits per heavy atom. The molecular weight excluding hydrogens is 620 g/mol. The Labute approximate surface area is 271 Å². The Morgan fingerprint density at radius 3 is 1.85 bits per heavy atom. The van der Waals surface area contributed by atoms with Crippen LogP contribution in [0.3, 0.4) is 0 Å². The second-order valence-electron chi connectivity index (χ2n) is 10.6. The van der Waals surface area contributed by atoms with Crippen molar-refractivity contribution in [2.45, 2.75) is 45.2 Å². The molecule has 0 spiro atoms. The Hall–Kier alpha value is -4.48. The van der Waals surface area contributed by atoms with Crippen molar-refractivity contribution < 1.29 is 35.9 Å². The largest absolute Gasteiger partial charge is 0.416 e. The predicted octanol–water partition coefficient (Wildman–Crippen LogP) is 7.70. The summed E-state index contributed by atoms with van der Waals surface area (Å²) in [7, 11) is 1.71. The van der Waals surface area contributed by atoms with Gasteiger partial charge in [-0.05, 0) is 77.7 Å². The summed E-state index contributed by atoms with van der Waals surface area (Å²) in [5.41, 5.74) is 6.44. The second kappa shape index (κ2) is 18.6. The van der Waals surface area contributed by atoms with Crippen LogP contribution in [0.25, 0.3) is 11.1 Å². The first-order chi connectivity index (χ1) is 22.3. The van der Waals surface area contributed by atoms with E-state index >= 15 is 0 Å². The molecule has 0 aromatic heterocycles. The van der Waals surface area contributed by atoms with Gasteiger partial charge in [0.2, 0.25) is 5.91 Å². The summed E-state index contributed by atoms with van der Waals surface area (Å²) in [5, 5.41) is 2.71. The van der Waals surface area contributed by atoms with Crippen LogP contribution in [-0.4, -0.2) is 37.7 Å². The third-order valence-electron chi connectivity index (χ3n) is 7.07. The van der Waals surface area contributed by atoms with Gasteiger partial charge in [0.05, 0.1) is 17.5 Å². The average Bonchev–Trinajstić information content (AvgIpc) is 3.05. The quantitative estimate of drug-likeness (QED) is 0.171. The summed E-state index contributed by atoms with van der Waals surface area (Å²) < 4.78 is 81.2. The molecule has 1 amide bonds. The van der Waals surface area contributed by atoms with E-state index in [0.717, 1.165) is 29.8 Å². The summed E-state index contributed by atoms with van der Waals surface area (Å²) in [5.74, 6) is -0.445. The predicted molar refractivity (Wildman–Crippen MR) is 172 cm³/mol. The molecule has 4 rings (SSSR count). The highest BCUT2D eigenvalue weighted by atomic mass is 19.4. The van der Waals surface area contributed by atoms with Gasteiger partial charge < -0.3 is 20.7 Å². The number of hydrogen-bond donors (Lipinski definition) is 2. The zero-order chi connectivity index (χ0) is 35.0. The third-order valence-corrected chi connectivity index (χ3v) is 7.07. The van der Waals surface area contributed by atoms with Gasteiger partial charge in [-0.15, -0.1) is 0 Å². The van der Waals surface area contributed by atoms with Gasteiger partial charge in [-0.25, -0.2) is 0 Å². The summed E-state index contributed by atoms with van der Waals surface area (Å²) in [6.45, 7) is 5.43. The molecule has 0 heterocycles. The lowest BCUT2D eigenvalue weighted by Crippen LogP contribution is -2.27. The van der Waals surface area contributed by atoms with E-state index in [1.54, 1.807) is 11.9 Å². The third kappa shape index (κ3) is 13.0. The Kier molecular flexibility index (Phi) is 15.3. The van der Waals surface area contributed by atoms with Gasteiger partial charge in [0.1, 0.15) is 6.79 Å². The van der Waals surface area contributed by atoms with E-state index in [1.807, 2.05) is 74.4 Å². The van der Waals surface area contributed by atoms with Crippen molar-refractivity contribution in [3.63, 3.8) is 0 Å². The van der Waals surface area contributed by atoms with Gasteiger partial charge >= 0.3 is 12.4 Å². The van der Waals surface area contributed by atoms with Gasteiger partial charge in [0.15, 0.2) is 0 Å². The van der Waals surface area contributed by atoms with Crippen molar-refractivity contribution in [1.29, 1.82) is 0 Å². The van der Waals surface area contributed by atoms with Crippen molar-refractivity contribution in [3.8, 4) is 11.1 Å². The number of alkyl halides is 6. The second-order valence-corrected chi connectivity index (χ2v) is 10.6. The lowest BCUT2D eigenvalue weighted by Gasteiger charge is -2.20. The maximum absolute atomic E-state index is 13.7. The minimum atomic E-state index is -4.69. The van der Waals surface area contributed by atoms with E-state index in [1.165, 1.54) is 17.7 Å². The summed E-state index contributed by atoms with van der Waals surface area (Å²) in [6.07, 6.45) is -9.01. The van der Waals surface area contributed by atoms with Crippen LogP contribution in [0.15, 0.2) is 97.1 Å². The van der Waals surface area contributed by atoms with Crippen LogP contribution in [-0.2, 0) is 47.9 Å². The molecule has 11 heteroatoms. The van der Waals surface area contributed by atoms with Crippen LogP contribution in [0.2, 0.25) is 0 Å². The van der Waals surface area contributed by atoms with E-state index in [0.29, 0.717) is 26.1 Å².